The van der Waals surface area contributed by atoms with Gasteiger partial charge in [0.1, 0.15) is 0 Å². The summed E-state index contributed by atoms with van der Waals surface area (Å²) in [5.41, 5.74) is 2.19. The van der Waals surface area contributed by atoms with Gasteiger partial charge in [0, 0.05) is 32.2 Å². The van der Waals surface area contributed by atoms with Gasteiger partial charge < -0.3 is 9.88 Å². The van der Waals surface area contributed by atoms with Crippen LogP contribution in [-0.4, -0.2) is 47.1 Å². The van der Waals surface area contributed by atoms with Crippen LogP contribution >= 0.6 is 0 Å². The van der Waals surface area contributed by atoms with Gasteiger partial charge in [0.2, 0.25) is 5.95 Å². The normalized spacial score (nSPS) is 18.2. The SMILES string of the molecule is CC(C)N1CCCN(c2nc3ccccc3[nH]2)CC1. The van der Waals surface area contributed by atoms with Crippen molar-refractivity contribution >= 4 is 17.0 Å². The summed E-state index contributed by atoms with van der Waals surface area (Å²) in [6.45, 7) is 9.00. The van der Waals surface area contributed by atoms with E-state index in [9.17, 15) is 0 Å². The predicted molar refractivity (Wildman–Crippen MR) is 79.6 cm³/mol. The first-order chi connectivity index (χ1) is 9.24. The molecular formula is C15H22N4. The van der Waals surface area contributed by atoms with E-state index in [4.69, 9.17) is 4.98 Å². The van der Waals surface area contributed by atoms with E-state index in [-0.39, 0.29) is 0 Å². The number of hydrogen-bond acceptors (Lipinski definition) is 3. The quantitative estimate of drug-likeness (QED) is 0.899. The number of nitrogens with zero attached hydrogens (tertiary/aromatic N) is 3. The number of hydrogen-bond donors (Lipinski definition) is 1. The predicted octanol–water partition coefficient (Wildman–Crippen LogP) is 2.48. The van der Waals surface area contributed by atoms with Crippen LogP contribution < -0.4 is 4.90 Å². The van der Waals surface area contributed by atoms with Crippen molar-refractivity contribution in [2.75, 3.05) is 31.1 Å². The zero-order valence-corrected chi connectivity index (χ0v) is 11.8. The van der Waals surface area contributed by atoms with Crippen molar-refractivity contribution in [3.05, 3.63) is 24.3 Å². The van der Waals surface area contributed by atoms with E-state index in [2.05, 4.69) is 40.8 Å². The Labute approximate surface area is 114 Å². The summed E-state index contributed by atoms with van der Waals surface area (Å²) in [4.78, 5) is 13.1. The smallest absolute Gasteiger partial charge is 0.203 e. The molecule has 1 N–H and O–H groups in total. The van der Waals surface area contributed by atoms with Gasteiger partial charge in [-0.25, -0.2) is 4.98 Å². The first kappa shape index (κ1) is 12.5. The Hall–Kier alpha value is -1.55. The Morgan fingerprint density at radius 3 is 2.74 bits per heavy atom. The number of fused-ring (bicyclic) bond motifs is 1. The Balaban J connectivity index is 1.78. The van der Waals surface area contributed by atoms with Crippen LogP contribution in [0.2, 0.25) is 0 Å². The zero-order valence-electron chi connectivity index (χ0n) is 11.8. The third-order valence-corrected chi connectivity index (χ3v) is 3.94. The molecule has 4 nitrogen and oxygen atoms in total. The first-order valence-corrected chi connectivity index (χ1v) is 7.18. The molecule has 0 bridgehead atoms. The molecule has 0 unspecified atom stereocenters. The van der Waals surface area contributed by atoms with Crippen molar-refractivity contribution < 1.29 is 0 Å². The molecule has 0 amide bonds. The lowest BCUT2D eigenvalue weighted by molar-refractivity contribution is 0.238. The summed E-state index contributed by atoms with van der Waals surface area (Å²) >= 11 is 0. The highest BCUT2D eigenvalue weighted by Crippen LogP contribution is 2.18. The van der Waals surface area contributed by atoms with Gasteiger partial charge in [-0.3, -0.25) is 4.90 Å². The van der Waals surface area contributed by atoms with Gasteiger partial charge in [0.15, 0.2) is 0 Å². The maximum Gasteiger partial charge on any atom is 0.203 e. The summed E-state index contributed by atoms with van der Waals surface area (Å²) in [5.74, 6) is 1.02. The minimum absolute atomic E-state index is 0.635. The second kappa shape index (κ2) is 5.21. The van der Waals surface area contributed by atoms with Crippen molar-refractivity contribution in [3.8, 4) is 0 Å². The topological polar surface area (TPSA) is 35.2 Å². The van der Waals surface area contributed by atoms with E-state index in [0.717, 1.165) is 36.6 Å². The van der Waals surface area contributed by atoms with E-state index < -0.39 is 0 Å². The molecule has 1 aromatic carbocycles. The molecule has 102 valence electrons. The van der Waals surface area contributed by atoms with Crippen molar-refractivity contribution in [3.63, 3.8) is 0 Å². The van der Waals surface area contributed by atoms with Gasteiger partial charge in [-0.15, -0.1) is 0 Å². The fourth-order valence-electron chi connectivity index (χ4n) is 2.75. The maximum atomic E-state index is 4.70. The van der Waals surface area contributed by atoms with Gasteiger partial charge >= 0.3 is 0 Å². The van der Waals surface area contributed by atoms with E-state index in [1.807, 2.05) is 12.1 Å². The van der Waals surface area contributed by atoms with Gasteiger partial charge in [-0.05, 0) is 32.4 Å². The van der Waals surface area contributed by atoms with Crippen LogP contribution in [0.4, 0.5) is 5.95 Å². The molecule has 3 rings (SSSR count). The van der Waals surface area contributed by atoms with Crippen LogP contribution in [0.25, 0.3) is 11.0 Å². The highest BCUT2D eigenvalue weighted by atomic mass is 15.3. The largest absolute Gasteiger partial charge is 0.341 e. The highest BCUT2D eigenvalue weighted by Gasteiger charge is 2.18. The van der Waals surface area contributed by atoms with Crippen molar-refractivity contribution in [2.24, 2.45) is 0 Å². The average Bonchev–Trinajstić information content (AvgIpc) is 2.67. The Bertz CT molecular complexity index is 513. The number of imidazole rings is 1. The molecule has 1 fully saturated rings. The fraction of sp³-hybridized carbons (Fsp3) is 0.533. The number of para-hydroxylation sites is 2. The van der Waals surface area contributed by atoms with Gasteiger partial charge in [-0.1, -0.05) is 12.1 Å². The fourth-order valence-corrected chi connectivity index (χ4v) is 2.75. The second-order valence-corrected chi connectivity index (χ2v) is 5.55. The summed E-state index contributed by atoms with van der Waals surface area (Å²) in [5, 5.41) is 0. The summed E-state index contributed by atoms with van der Waals surface area (Å²) in [6.07, 6.45) is 1.20. The summed E-state index contributed by atoms with van der Waals surface area (Å²) in [7, 11) is 0. The van der Waals surface area contributed by atoms with Crippen LogP contribution in [0.5, 0.6) is 0 Å². The molecule has 1 saturated heterocycles. The van der Waals surface area contributed by atoms with E-state index >= 15 is 0 Å². The zero-order chi connectivity index (χ0) is 13.2. The molecule has 0 radical (unpaired) electrons. The number of benzene rings is 1. The van der Waals surface area contributed by atoms with Crippen LogP contribution in [0, 0.1) is 0 Å². The van der Waals surface area contributed by atoms with Crippen LogP contribution in [0.1, 0.15) is 20.3 Å². The van der Waals surface area contributed by atoms with Crippen LogP contribution in [-0.2, 0) is 0 Å². The Morgan fingerprint density at radius 1 is 1.11 bits per heavy atom. The molecule has 1 aliphatic heterocycles. The molecule has 1 aliphatic rings. The molecule has 0 spiro atoms. The molecule has 2 aromatic rings. The molecule has 0 saturated carbocycles. The lowest BCUT2D eigenvalue weighted by Crippen LogP contribution is -2.35. The van der Waals surface area contributed by atoms with Crippen molar-refractivity contribution in [1.82, 2.24) is 14.9 Å². The first-order valence-electron chi connectivity index (χ1n) is 7.18. The minimum Gasteiger partial charge on any atom is -0.341 e. The number of nitrogens with one attached hydrogen (secondary N) is 1. The number of aromatic amines is 1. The number of aromatic nitrogens is 2. The lowest BCUT2D eigenvalue weighted by Gasteiger charge is -2.24. The second-order valence-electron chi connectivity index (χ2n) is 5.55. The number of H-pyrrole nitrogens is 1. The molecular weight excluding hydrogens is 236 g/mol. The molecule has 19 heavy (non-hydrogen) atoms. The third kappa shape index (κ3) is 2.59. The van der Waals surface area contributed by atoms with E-state index in [1.165, 1.54) is 13.0 Å². The molecule has 0 atom stereocenters. The molecule has 1 aromatic heterocycles. The van der Waals surface area contributed by atoms with Crippen LogP contribution in [0.15, 0.2) is 24.3 Å². The van der Waals surface area contributed by atoms with Gasteiger partial charge in [0.05, 0.1) is 11.0 Å². The van der Waals surface area contributed by atoms with Gasteiger partial charge in [-0.2, -0.15) is 0 Å². The number of rotatable bonds is 2. The minimum atomic E-state index is 0.635. The summed E-state index contributed by atoms with van der Waals surface area (Å²) in [6, 6.07) is 8.87. The lowest BCUT2D eigenvalue weighted by atomic mass is 10.3. The molecule has 2 heterocycles. The van der Waals surface area contributed by atoms with E-state index in [1.54, 1.807) is 0 Å². The van der Waals surface area contributed by atoms with Crippen LogP contribution in [0.3, 0.4) is 0 Å². The molecule has 4 heteroatoms. The number of anilines is 1. The van der Waals surface area contributed by atoms with E-state index in [0.29, 0.717) is 6.04 Å². The third-order valence-electron chi connectivity index (χ3n) is 3.94. The van der Waals surface area contributed by atoms with Crippen molar-refractivity contribution in [1.29, 1.82) is 0 Å². The monoisotopic (exact) mass is 258 g/mol. The molecule has 0 aliphatic carbocycles. The Morgan fingerprint density at radius 2 is 1.95 bits per heavy atom. The standard InChI is InChI=1S/C15H22N4/c1-12(2)18-8-5-9-19(11-10-18)15-16-13-6-3-4-7-14(13)17-15/h3-4,6-7,12H,5,8-11H2,1-2H3,(H,16,17). The summed E-state index contributed by atoms with van der Waals surface area (Å²) < 4.78 is 0. The average molecular weight is 258 g/mol. The highest BCUT2D eigenvalue weighted by molar-refractivity contribution is 5.77. The Kier molecular flexibility index (Phi) is 3.42. The van der Waals surface area contributed by atoms with Gasteiger partial charge in [0.25, 0.3) is 0 Å². The maximum absolute atomic E-state index is 4.70. The van der Waals surface area contributed by atoms with Crippen molar-refractivity contribution in [2.45, 2.75) is 26.3 Å².